The maximum atomic E-state index is 11.1. The quantitative estimate of drug-likeness (QED) is 0.580. The second-order valence-corrected chi connectivity index (χ2v) is 3.07. The average molecular weight is 207 g/mol. The molecule has 1 aromatic rings. The van der Waals surface area contributed by atoms with Gasteiger partial charge in [0.05, 0.1) is 18.9 Å². The summed E-state index contributed by atoms with van der Waals surface area (Å²) in [5.74, 6) is -0.368. The first kappa shape index (κ1) is 11.1. The van der Waals surface area contributed by atoms with Crippen molar-refractivity contribution in [2.75, 3.05) is 7.11 Å². The second-order valence-electron chi connectivity index (χ2n) is 3.07. The average Bonchev–Trinajstić information content (AvgIpc) is 2.29. The molecule has 0 aliphatic rings. The largest absolute Gasteiger partial charge is 0.514 e. The molecular weight excluding hydrogens is 194 g/mol. The van der Waals surface area contributed by atoms with Crippen molar-refractivity contribution >= 4 is 5.97 Å². The Morgan fingerprint density at radius 3 is 2.53 bits per heavy atom. The Kier molecular flexibility index (Phi) is 3.74. The highest BCUT2D eigenvalue weighted by Gasteiger charge is 2.04. The molecule has 0 bridgehead atoms. The first-order valence-corrected chi connectivity index (χ1v) is 4.43. The van der Waals surface area contributed by atoms with Gasteiger partial charge in [-0.15, -0.1) is 0 Å². The summed E-state index contributed by atoms with van der Waals surface area (Å²) in [6, 6.07) is 6.85. The molecule has 0 spiro atoms. The van der Waals surface area contributed by atoms with Crippen molar-refractivity contribution in [3.8, 4) is 0 Å². The van der Waals surface area contributed by atoms with Crippen LogP contribution in [0.15, 0.2) is 36.2 Å². The standard InChI is InChI=1S/C11H13NO3/c1-15-11(14)9-4-2-8(3-5-9)6-10(12)7-13/h2-5,7,13H,6,12H2,1H3/b10-7-. The van der Waals surface area contributed by atoms with Gasteiger partial charge in [0.1, 0.15) is 0 Å². The summed E-state index contributed by atoms with van der Waals surface area (Å²) in [7, 11) is 1.34. The minimum Gasteiger partial charge on any atom is -0.514 e. The summed E-state index contributed by atoms with van der Waals surface area (Å²) in [5.41, 5.74) is 7.24. The Morgan fingerprint density at radius 2 is 2.07 bits per heavy atom. The Bertz CT molecular complexity index is 368. The monoisotopic (exact) mass is 207 g/mol. The molecule has 0 aliphatic carbocycles. The van der Waals surface area contributed by atoms with E-state index in [0.717, 1.165) is 11.8 Å². The Labute approximate surface area is 88.0 Å². The summed E-state index contributed by atoms with van der Waals surface area (Å²) in [4.78, 5) is 11.1. The molecule has 80 valence electrons. The maximum Gasteiger partial charge on any atom is 0.337 e. The van der Waals surface area contributed by atoms with E-state index in [9.17, 15) is 4.79 Å². The molecule has 1 rings (SSSR count). The number of esters is 1. The van der Waals surface area contributed by atoms with Gasteiger partial charge in [-0.25, -0.2) is 4.79 Å². The number of aliphatic hydroxyl groups is 1. The van der Waals surface area contributed by atoms with Crippen LogP contribution in [0.2, 0.25) is 0 Å². The lowest BCUT2D eigenvalue weighted by Gasteiger charge is -2.02. The number of allylic oxidation sites excluding steroid dienone is 1. The van der Waals surface area contributed by atoms with E-state index in [4.69, 9.17) is 10.8 Å². The lowest BCUT2D eigenvalue weighted by atomic mass is 10.1. The molecular formula is C11H13NO3. The third kappa shape index (κ3) is 3.02. The zero-order valence-corrected chi connectivity index (χ0v) is 8.43. The summed E-state index contributed by atoms with van der Waals surface area (Å²) in [5, 5.41) is 8.62. The van der Waals surface area contributed by atoms with Gasteiger partial charge < -0.3 is 15.6 Å². The highest BCUT2D eigenvalue weighted by molar-refractivity contribution is 5.89. The molecule has 0 saturated carbocycles. The highest BCUT2D eigenvalue weighted by atomic mass is 16.5. The zero-order valence-electron chi connectivity index (χ0n) is 8.43. The third-order valence-electron chi connectivity index (χ3n) is 1.95. The van der Waals surface area contributed by atoms with E-state index >= 15 is 0 Å². The van der Waals surface area contributed by atoms with Crippen LogP contribution in [0.1, 0.15) is 15.9 Å². The molecule has 4 nitrogen and oxygen atoms in total. The maximum absolute atomic E-state index is 11.1. The summed E-state index contributed by atoms with van der Waals surface area (Å²) in [6.45, 7) is 0. The summed E-state index contributed by atoms with van der Waals surface area (Å²) >= 11 is 0. The van der Waals surface area contributed by atoms with Gasteiger partial charge in [0.15, 0.2) is 0 Å². The van der Waals surface area contributed by atoms with Gasteiger partial charge in [0, 0.05) is 12.1 Å². The third-order valence-corrected chi connectivity index (χ3v) is 1.95. The number of hydrogen-bond acceptors (Lipinski definition) is 4. The van der Waals surface area contributed by atoms with Gasteiger partial charge >= 0.3 is 5.97 Å². The fraction of sp³-hybridized carbons (Fsp3) is 0.182. The van der Waals surface area contributed by atoms with Gasteiger partial charge in [-0.1, -0.05) is 12.1 Å². The number of methoxy groups -OCH3 is 1. The molecule has 0 radical (unpaired) electrons. The predicted octanol–water partition coefficient (Wildman–Crippen LogP) is 1.37. The molecule has 0 heterocycles. The van der Waals surface area contributed by atoms with Crippen molar-refractivity contribution in [2.45, 2.75) is 6.42 Å². The molecule has 0 fully saturated rings. The van der Waals surface area contributed by atoms with Gasteiger partial charge in [0.25, 0.3) is 0 Å². The van der Waals surface area contributed by atoms with E-state index in [2.05, 4.69) is 4.74 Å². The van der Waals surface area contributed by atoms with Crippen molar-refractivity contribution in [1.29, 1.82) is 0 Å². The Balaban J connectivity index is 2.77. The number of hydrogen-bond donors (Lipinski definition) is 2. The van der Waals surface area contributed by atoms with Crippen LogP contribution >= 0.6 is 0 Å². The first-order valence-electron chi connectivity index (χ1n) is 4.43. The molecule has 0 aromatic heterocycles. The Hall–Kier alpha value is -1.97. The van der Waals surface area contributed by atoms with E-state index in [1.165, 1.54) is 7.11 Å². The Morgan fingerprint density at radius 1 is 1.47 bits per heavy atom. The number of nitrogens with two attached hydrogens (primary N) is 1. The number of ether oxygens (including phenoxy) is 1. The van der Waals surface area contributed by atoms with Crippen molar-refractivity contribution in [1.82, 2.24) is 0 Å². The number of carbonyl (C=O) groups excluding carboxylic acids is 1. The second kappa shape index (κ2) is 5.05. The fourth-order valence-electron chi connectivity index (χ4n) is 1.16. The first-order chi connectivity index (χ1) is 7.17. The molecule has 0 saturated heterocycles. The minimum atomic E-state index is -0.368. The number of aliphatic hydroxyl groups excluding tert-OH is 1. The number of rotatable bonds is 3. The molecule has 1 aromatic carbocycles. The van der Waals surface area contributed by atoms with Gasteiger partial charge in [-0.05, 0) is 17.7 Å². The van der Waals surface area contributed by atoms with Crippen LogP contribution in [-0.2, 0) is 11.2 Å². The molecule has 3 N–H and O–H groups in total. The van der Waals surface area contributed by atoms with E-state index in [1.807, 2.05) is 0 Å². The molecule has 15 heavy (non-hydrogen) atoms. The smallest absolute Gasteiger partial charge is 0.337 e. The molecule has 4 heteroatoms. The minimum absolute atomic E-state index is 0.368. The van der Waals surface area contributed by atoms with Crippen LogP contribution < -0.4 is 5.73 Å². The molecule has 0 amide bonds. The van der Waals surface area contributed by atoms with Crippen molar-refractivity contribution in [3.63, 3.8) is 0 Å². The van der Waals surface area contributed by atoms with Crippen molar-refractivity contribution in [3.05, 3.63) is 47.4 Å². The normalized spacial score (nSPS) is 11.1. The number of carbonyl (C=O) groups is 1. The van der Waals surface area contributed by atoms with Gasteiger partial charge in [-0.2, -0.15) is 0 Å². The van der Waals surface area contributed by atoms with E-state index < -0.39 is 0 Å². The highest BCUT2D eigenvalue weighted by Crippen LogP contribution is 2.08. The van der Waals surface area contributed by atoms with Crippen molar-refractivity contribution < 1.29 is 14.6 Å². The lowest BCUT2D eigenvalue weighted by molar-refractivity contribution is 0.0600. The van der Waals surface area contributed by atoms with Crippen LogP contribution in [0.25, 0.3) is 0 Å². The van der Waals surface area contributed by atoms with Gasteiger partial charge in [-0.3, -0.25) is 0 Å². The molecule has 0 unspecified atom stereocenters. The predicted molar refractivity (Wildman–Crippen MR) is 56.4 cm³/mol. The zero-order chi connectivity index (χ0) is 11.3. The van der Waals surface area contributed by atoms with Crippen molar-refractivity contribution in [2.24, 2.45) is 5.73 Å². The molecule has 0 aliphatic heterocycles. The van der Waals surface area contributed by atoms with Crippen LogP contribution in [0, 0.1) is 0 Å². The number of benzene rings is 1. The van der Waals surface area contributed by atoms with Gasteiger partial charge in [0.2, 0.25) is 0 Å². The van der Waals surface area contributed by atoms with E-state index in [0.29, 0.717) is 17.7 Å². The van der Waals surface area contributed by atoms with Crippen LogP contribution in [0.4, 0.5) is 0 Å². The summed E-state index contributed by atoms with van der Waals surface area (Å²) in [6.07, 6.45) is 1.33. The SMILES string of the molecule is COC(=O)c1ccc(C/C(N)=C/O)cc1. The van der Waals surface area contributed by atoms with Crippen LogP contribution in [0.3, 0.4) is 0 Å². The van der Waals surface area contributed by atoms with Crippen LogP contribution in [0.5, 0.6) is 0 Å². The topological polar surface area (TPSA) is 72.5 Å². The van der Waals surface area contributed by atoms with E-state index in [1.54, 1.807) is 24.3 Å². The van der Waals surface area contributed by atoms with E-state index in [-0.39, 0.29) is 5.97 Å². The summed E-state index contributed by atoms with van der Waals surface area (Å²) < 4.78 is 4.56. The fourth-order valence-corrected chi connectivity index (χ4v) is 1.16. The lowest BCUT2D eigenvalue weighted by Crippen LogP contribution is -2.03. The van der Waals surface area contributed by atoms with Crippen LogP contribution in [-0.4, -0.2) is 18.2 Å². The molecule has 0 atom stereocenters.